The molecule has 0 aliphatic carbocycles. The maximum atomic E-state index is 12.8. The van der Waals surface area contributed by atoms with Gasteiger partial charge in [0.25, 0.3) is 5.69 Å². The van der Waals surface area contributed by atoms with Gasteiger partial charge < -0.3 is 10.1 Å². The Bertz CT molecular complexity index is 836. The van der Waals surface area contributed by atoms with Crippen LogP contribution < -0.4 is 10.1 Å². The zero-order valence-electron chi connectivity index (χ0n) is 11.9. The summed E-state index contributed by atoms with van der Waals surface area (Å²) in [6.07, 6.45) is 0. The topological polar surface area (TPSA) is 77.3 Å². The lowest BCUT2D eigenvalue weighted by Gasteiger charge is -2.06. The number of thiazole rings is 1. The van der Waals surface area contributed by atoms with E-state index in [4.69, 9.17) is 4.74 Å². The molecule has 0 fully saturated rings. The van der Waals surface area contributed by atoms with Crippen molar-refractivity contribution in [3.05, 3.63) is 58.4 Å². The maximum absolute atomic E-state index is 12.8. The third kappa shape index (κ3) is 3.72. The molecule has 8 heteroatoms. The lowest BCUT2D eigenvalue weighted by molar-refractivity contribution is -0.384. The Morgan fingerprint density at radius 2 is 2.04 bits per heavy atom. The second kappa shape index (κ2) is 6.57. The number of hydrogen-bond acceptors (Lipinski definition) is 6. The van der Waals surface area contributed by atoms with Crippen molar-refractivity contribution in [2.75, 3.05) is 18.5 Å². The average Bonchev–Trinajstić information content (AvgIpc) is 2.95. The quantitative estimate of drug-likeness (QED) is 0.421. The minimum absolute atomic E-state index is 0.0485. The zero-order chi connectivity index (χ0) is 16.2. The lowest BCUT2D eigenvalue weighted by atomic mass is 10.3. The normalized spacial score (nSPS) is 10.7. The van der Waals surface area contributed by atoms with Crippen LogP contribution in [0.1, 0.15) is 0 Å². The van der Waals surface area contributed by atoms with Gasteiger partial charge in [0, 0.05) is 12.1 Å². The van der Waals surface area contributed by atoms with Crippen molar-refractivity contribution >= 4 is 32.4 Å². The summed E-state index contributed by atoms with van der Waals surface area (Å²) in [5, 5.41) is 14.5. The molecule has 1 N–H and O–H groups in total. The minimum Gasteiger partial charge on any atom is -0.492 e. The largest absolute Gasteiger partial charge is 0.492 e. The van der Waals surface area contributed by atoms with Gasteiger partial charge in [-0.05, 0) is 30.3 Å². The van der Waals surface area contributed by atoms with E-state index in [9.17, 15) is 14.5 Å². The fourth-order valence-electron chi connectivity index (χ4n) is 1.96. The predicted molar refractivity (Wildman–Crippen MR) is 86.7 cm³/mol. The summed E-state index contributed by atoms with van der Waals surface area (Å²) in [5.74, 6) is 0.284. The highest BCUT2D eigenvalue weighted by Gasteiger charge is 2.10. The molecular formula is C15H12FN3O3S. The summed E-state index contributed by atoms with van der Waals surface area (Å²) < 4.78 is 19.0. The van der Waals surface area contributed by atoms with Gasteiger partial charge in [0.05, 0.1) is 21.7 Å². The van der Waals surface area contributed by atoms with Gasteiger partial charge in [-0.3, -0.25) is 10.1 Å². The predicted octanol–water partition coefficient (Wildman–Crippen LogP) is 3.83. The van der Waals surface area contributed by atoms with Gasteiger partial charge in [-0.15, -0.1) is 0 Å². The first kappa shape index (κ1) is 15.2. The molecule has 0 bridgehead atoms. The van der Waals surface area contributed by atoms with Crippen LogP contribution >= 0.6 is 11.3 Å². The van der Waals surface area contributed by atoms with Crippen LogP contribution in [0.2, 0.25) is 0 Å². The van der Waals surface area contributed by atoms with Crippen LogP contribution in [-0.2, 0) is 0 Å². The SMILES string of the molecule is O=[N+]([O-])c1ccc2nc(NCCOc3ccc(F)cc3)sc2c1. The standard InChI is InChI=1S/C15H12FN3O3S/c16-10-1-4-12(5-2-10)22-8-7-17-15-18-13-6-3-11(19(20)21)9-14(13)23-15/h1-6,9H,7-8H2,(H,17,18). The van der Waals surface area contributed by atoms with Gasteiger partial charge in [0.2, 0.25) is 0 Å². The molecule has 0 radical (unpaired) electrons. The maximum Gasteiger partial charge on any atom is 0.270 e. The van der Waals surface area contributed by atoms with Crippen LogP contribution in [0.3, 0.4) is 0 Å². The Balaban J connectivity index is 1.56. The van der Waals surface area contributed by atoms with E-state index in [0.29, 0.717) is 29.5 Å². The summed E-state index contributed by atoms with van der Waals surface area (Å²) in [5.41, 5.74) is 0.759. The minimum atomic E-state index is -0.428. The lowest BCUT2D eigenvalue weighted by Crippen LogP contribution is -2.11. The van der Waals surface area contributed by atoms with Crippen molar-refractivity contribution in [2.24, 2.45) is 0 Å². The highest BCUT2D eigenvalue weighted by atomic mass is 32.1. The second-order valence-electron chi connectivity index (χ2n) is 4.66. The molecule has 0 aliphatic heterocycles. The molecule has 0 amide bonds. The molecule has 0 spiro atoms. The highest BCUT2D eigenvalue weighted by Crippen LogP contribution is 2.28. The zero-order valence-corrected chi connectivity index (χ0v) is 12.7. The van der Waals surface area contributed by atoms with E-state index in [1.807, 2.05) is 0 Å². The summed E-state index contributed by atoms with van der Waals surface area (Å²) in [6, 6.07) is 10.4. The number of nitro benzene ring substituents is 1. The smallest absolute Gasteiger partial charge is 0.270 e. The molecule has 0 saturated carbocycles. The van der Waals surface area contributed by atoms with Gasteiger partial charge in [0.1, 0.15) is 18.2 Å². The molecule has 6 nitrogen and oxygen atoms in total. The molecule has 0 unspecified atom stereocenters. The Labute approximate surface area is 134 Å². The molecule has 3 rings (SSSR count). The summed E-state index contributed by atoms with van der Waals surface area (Å²) in [6.45, 7) is 0.904. The highest BCUT2D eigenvalue weighted by molar-refractivity contribution is 7.22. The molecule has 1 heterocycles. The molecule has 23 heavy (non-hydrogen) atoms. The third-order valence-electron chi connectivity index (χ3n) is 3.04. The number of ether oxygens (including phenoxy) is 1. The average molecular weight is 333 g/mol. The van der Waals surface area contributed by atoms with Crippen LogP contribution in [0, 0.1) is 15.9 Å². The first-order valence-corrected chi connectivity index (χ1v) is 7.61. The Kier molecular flexibility index (Phi) is 4.33. The van der Waals surface area contributed by atoms with Crippen LogP contribution in [0.15, 0.2) is 42.5 Å². The number of anilines is 1. The van der Waals surface area contributed by atoms with Crippen molar-refractivity contribution in [3.8, 4) is 5.75 Å². The summed E-state index contributed by atoms with van der Waals surface area (Å²) >= 11 is 1.35. The number of nitrogens with one attached hydrogen (secondary N) is 1. The van der Waals surface area contributed by atoms with E-state index in [1.54, 1.807) is 18.2 Å². The number of rotatable bonds is 6. The first-order chi connectivity index (χ1) is 11.1. The fraction of sp³-hybridized carbons (Fsp3) is 0.133. The van der Waals surface area contributed by atoms with Gasteiger partial charge in [-0.1, -0.05) is 11.3 Å². The molecule has 1 aromatic heterocycles. The molecule has 0 aliphatic rings. The van der Waals surface area contributed by atoms with Crippen molar-refractivity contribution in [1.29, 1.82) is 0 Å². The molecule has 3 aromatic rings. The first-order valence-electron chi connectivity index (χ1n) is 6.79. The number of nitro groups is 1. The summed E-state index contributed by atoms with van der Waals surface area (Å²) in [7, 11) is 0. The van der Waals surface area contributed by atoms with E-state index in [0.717, 1.165) is 4.70 Å². The fourth-order valence-corrected chi connectivity index (χ4v) is 2.88. The summed E-state index contributed by atoms with van der Waals surface area (Å²) in [4.78, 5) is 14.7. The number of non-ortho nitro benzene ring substituents is 1. The number of halogens is 1. The van der Waals surface area contributed by atoms with Gasteiger partial charge in [0.15, 0.2) is 5.13 Å². The molecule has 2 aromatic carbocycles. The number of nitrogens with zero attached hydrogens (tertiary/aromatic N) is 2. The Morgan fingerprint density at radius 1 is 1.26 bits per heavy atom. The van der Waals surface area contributed by atoms with Crippen molar-refractivity contribution in [1.82, 2.24) is 4.98 Å². The molecule has 0 atom stereocenters. The third-order valence-corrected chi connectivity index (χ3v) is 4.02. The number of fused-ring (bicyclic) bond motifs is 1. The van der Waals surface area contributed by atoms with E-state index < -0.39 is 4.92 Å². The van der Waals surface area contributed by atoms with E-state index >= 15 is 0 Å². The molecule has 0 saturated heterocycles. The van der Waals surface area contributed by atoms with Crippen molar-refractivity contribution in [3.63, 3.8) is 0 Å². The van der Waals surface area contributed by atoms with E-state index in [1.165, 1.54) is 35.6 Å². The number of aromatic nitrogens is 1. The Hall–Kier alpha value is -2.74. The van der Waals surface area contributed by atoms with Crippen LogP contribution in [0.25, 0.3) is 10.2 Å². The number of hydrogen-bond donors (Lipinski definition) is 1. The van der Waals surface area contributed by atoms with Crippen molar-refractivity contribution in [2.45, 2.75) is 0 Å². The van der Waals surface area contributed by atoms with E-state index in [2.05, 4.69) is 10.3 Å². The molecular weight excluding hydrogens is 321 g/mol. The van der Waals surface area contributed by atoms with Crippen molar-refractivity contribution < 1.29 is 14.1 Å². The van der Waals surface area contributed by atoms with Gasteiger partial charge in [-0.2, -0.15) is 0 Å². The molecule has 118 valence electrons. The van der Waals surface area contributed by atoms with E-state index in [-0.39, 0.29) is 11.5 Å². The second-order valence-corrected chi connectivity index (χ2v) is 5.69. The van der Waals surface area contributed by atoms with Gasteiger partial charge in [-0.25, -0.2) is 9.37 Å². The monoisotopic (exact) mass is 333 g/mol. The number of benzene rings is 2. The van der Waals surface area contributed by atoms with Crippen LogP contribution in [0.4, 0.5) is 15.2 Å². The van der Waals surface area contributed by atoms with Gasteiger partial charge >= 0.3 is 0 Å². The van der Waals surface area contributed by atoms with Crippen LogP contribution in [0.5, 0.6) is 5.75 Å². The van der Waals surface area contributed by atoms with Crippen LogP contribution in [-0.4, -0.2) is 23.1 Å². The Morgan fingerprint density at radius 3 is 2.78 bits per heavy atom.